The number of nitrogens with one attached hydrogen (secondary N) is 1. The Morgan fingerprint density at radius 2 is 2.16 bits per heavy atom. The summed E-state index contributed by atoms with van der Waals surface area (Å²) in [5.74, 6) is 0.0365. The molecular weight excluding hydrogens is 262 g/mol. The van der Waals surface area contributed by atoms with Crippen molar-refractivity contribution in [1.29, 1.82) is 0 Å². The largest absolute Gasteiger partial charge is 0.399 e. The molecule has 2 rings (SSSR count). The number of aromatic nitrogens is 1. The molecule has 1 aromatic carbocycles. The van der Waals surface area contributed by atoms with Crippen molar-refractivity contribution in [2.75, 3.05) is 11.1 Å². The minimum absolute atomic E-state index is 0.303. The molecule has 0 radical (unpaired) electrons. The number of nitrogen functional groups attached to an aromatic ring is 1. The summed E-state index contributed by atoms with van der Waals surface area (Å²) in [4.78, 5) is 15.7. The lowest BCUT2D eigenvalue weighted by Gasteiger charge is -2.02. The molecule has 0 aliphatic carbocycles. The third-order valence-electron chi connectivity index (χ3n) is 2.34. The molecule has 19 heavy (non-hydrogen) atoms. The Kier molecular flexibility index (Phi) is 4.15. The zero-order valence-corrected chi connectivity index (χ0v) is 10.8. The summed E-state index contributed by atoms with van der Waals surface area (Å²) in [7, 11) is 0. The lowest BCUT2D eigenvalue weighted by molar-refractivity contribution is -0.111. The molecule has 0 saturated carbocycles. The predicted octanol–water partition coefficient (Wildman–Crippen LogP) is 2.97. The Morgan fingerprint density at radius 3 is 2.89 bits per heavy atom. The number of nitrogens with zero attached hydrogens (tertiary/aromatic N) is 1. The molecule has 0 saturated heterocycles. The molecule has 0 aliphatic heterocycles. The van der Waals surface area contributed by atoms with Crippen molar-refractivity contribution >= 4 is 35.1 Å². The van der Waals surface area contributed by atoms with E-state index in [1.54, 1.807) is 36.5 Å². The summed E-state index contributed by atoms with van der Waals surface area (Å²) in [6, 6.07) is 10.6. The van der Waals surface area contributed by atoms with Crippen molar-refractivity contribution in [2.24, 2.45) is 0 Å². The van der Waals surface area contributed by atoms with Gasteiger partial charge in [0.1, 0.15) is 0 Å². The van der Waals surface area contributed by atoms with Crippen molar-refractivity contribution in [3.8, 4) is 0 Å². The maximum absolute atomic E-state index is 11.7. The Bertz CT molecular complexity index is 626. The average molecular weight is 274 g/mol. The number of carbonyl (C=O) groups excluding carboxylic acids is 1. The molecule has 1 amide bonds. The molecule has 1 aromatic heterocycles. The van der Waals surface area contributed by atoms with Gasteiger partial charge in [-0.05, 0) is 35.9 Å². The highest BCUT2D eigenvalue weighted by molar-refractivity contribution is 6.33. The zero-order chi connectivity index (χ0) is 13.7. The Balaban J connectivity index is 2.04. The molecule has 0 unspecified atom stereocenters. The second kappa shape index (κ2) is 6.02. The quantitative estimate of drug-likeness (QED) is 0.667. The first kappa shape index (κ1) is 13.1. The number of pyridine rings is 1. The van der Waals surface area contributed by atoms with Gasteiger partial charge in [-0.15, -0.1) is 0 Å². The smallest absolute Gasteiger partial charge is 0.249 e. The van der Waals surface area contributed by atoms with Crippen molar-refractivity contribution < 1.29 is 4.79 Å². The number of rotatable bonds is 3. The topological polar surface area (TPSA) is 68.0 Å². The molecule has 0 atom stereocenters. The fourth-order valence-electron chi connectivity index (χ4n) is 1.47. The standard InChI is InChI=1S/C14H12ClN3O/c15-12-5-2-8-17-14(12)18-13(19)7-6-10-3-1-4-11(16)9-10/h1-9H,16H2,(H,17,18,19)/b7-6+. The van der Waals surface area contributed by atoms with E-state index in [9.17, 15) is 4.79 Å². The predicted molar refractivity (Wildman–Crippen MR) is 77.8 cm³/mol. The van der Waals surface area contributed by atoms with Gasteiger partial charge in [0.15, 0.2) is 5.82 Å². The molecule has 0 spiro atoms. The highest BCUT2D eigenvalue weighted by Crippen LogP contribution is 2.17. The number of benzene rings is 1. The lowest BCUT2D eigenvalue weighted by Crippen LogP contribution is -2.09. The van der Waals surface area contributed by atoms with Crippen LogP contribution in [0.2, 0.25) is 5.02 Å². The van der Waals surface area contributed by atoms with Crippen LogP contribution in [-0.2, 0) is 4.79 Å². The van der Waals surface area contributed by atoms with Crippen LogP contribution in [0, 0.1) is 0 Å². The number of nitrogens with two attached hydrogens (primary N) is 1. The fourth-order valence-corrected chi connectivity index (χ4v) is 1.64. The van der Waals surface area contributed by atoms with Gasteiger partial charge in [-0.3, -0.25) is 4.79 Å². The van der Waals surface area contributed by atoms with Crippen LogP contribution in [0.4, 0.5) is 11.5 Å². The van der Waals surface area contributed by atoms with Crippen molar-refractivity contribution in [1.82, 2.24) is 4.98 Å². The van der Waals surface area contributed by atoms with Gasteiger partial charge in [0.25, 0.3) is 0 Å². The highest BCUT2D eigenvalue weighted by atomic mass is 35.5. The summed E-state index contributed by atoms with van der Waals surface area (Å²) in [5.41, 5.74) is 7.14. The lowest BCUT2D eigenvalue weighted by atomic mass is 10.2. The van der Waals surface area contributed by atoms with E-state index in [2.05, 4.69) is 10.3 Å². The summed E-state index contributed by atoms with van der Waals surface area (Å²) in [6.07, 6.45) is 4.63. The number of halogens is 1. The van der Waals surface area contributed by atoms with Gasteiger partial charge in [0.05, 0.1) is 5.02 Å². The third-order valence-corrected chi connectivity index (χ3v) is 2.64. The van der Waals surface area contributed by atoms with Crippen molar-refractivity contribution in [3.05, 3.63) is 59.3 Å². The van der Waals surface area contributed by atoms with E-state index in [0.29, 0.717) is 16.5 Å². The summed E-state index contributed by atoms with van der Waals surface area (Å²) >= 11 is 5.89. The third kappa shape index (κ3) is 3.82. The maximum Gasteiger partial charge on any atom is 0.249 e. The van der Waals surface area contributed by atoms with E-state index < -0.39 is 0 Å². The average Bonchev–Trinajstić information content (AvgIpc) is 2.39. The van der Waals surface area contributed by atoms with Crippen LogP contribution in [0.15, 0.2) is 48.7 Å². The van der Waals surface area contributed by atoms with E-state index in [4.69, 9.17) is 17.3 Å². The zero-order valence-electron chi connectivity index (χ0n) is 10.0. The Morgan fingerprint density at radius 1 is 1.32 bits per heavy atom. The number of anilines is 2. The molecule has 5 heteroatoms. The van der Waals surface area contributed by atoms with Crippen LogP contribution in [-0.4, -0.2) is 10.9 Å². The second-order valence-corrected chi connectivity index (χ2v) is 4.23. The molecule has 2 aromatic rings. The van der Waals surface area contributed by atoms with Gasteiger partial charge in [-0.25, -0.2) is 4.98 Å². The monoisotopic (exact) mass is 273 g/mol. The van der Waals surface area contributed by atoms with Crippen LogP contribution < -0.4 is 11.1 Å². The van der Waals surface area contributed by atoms with Crippen LogP contribution in [0.1, 0.15) is 5.56 Å². The van der Waals surface area contributed by atoms with E-state index in [1.165, 1.54) is 6.08 Å². The molecule has 3 N–H and O–H groups in total. The first-order valence-corrected chi connectivity index (χ1v) is 5.98. The molecule has 0 bridgehead atoms. The molecule has 96 valence electrons. The SMILES string of the molecule is Nc1cccc(/C=C/C(=O)Nc2ncccc2Cl)c1. The molecular formula is C14H12ClN3O. The molecule has 4 nitrogen and oxygen atoms in total. The van der Waals surface area contributed by atoms with Gasteiger partial charge in [-0.1, -0.05) is 23.7 Å². The normalized spacial score (nSPS) is 10.6. The molecule has 0 fully saturated rings. The van der Waals surface area contributed by atoms with Crippen LogP contribution in [0.3, 0.4) is 0 Å². The first-order chi connectivity index (χ1) is 9.15. The van der Waals surface area contributed by atoms with Gasteiger partial charge < -0.3 is 11.1 Å². The summed E-state index contributed by atoms with van der Waals surface area (Å²) in [6.45, 7) is 0. The highest BCUT2D eigenvalue weighted by Gasteiger charge is 2.03. The Labute approximate surface area is 115 Å². The summed E-state index contributed by atoms with van der Waals surface area (Å²) in [5, 5.41) is 2.99. The van der Waals surface area contributed by atoms with Crippen LogP contribution in [0.25, 0.3) is 6.08 Å². The van der Waals surface area contributed by atoms with E-state index in [-0.39, 0.29) is 5.91 Å². The van der Waals surface area contributed by atoms with Crippen LogP contribution >= 0.6 is 11.6 Å². The number of carbonyl (C=O) groups is 1. The van der Waals surface area contributed by atoms with Gasteiger partial charge in [0, 0.05) is 18.0 Å². The number of hydrogen-bond acceptors (Lipinski definition) is 3. The van der Waals surface area contributed by atoms with Gasteiger partial charge >= 0.3 is 0 Å². The Hall–Kier alpha value is -2.33. The first-order valence-electron chi connectivity index (χ1n) is 5.60. The van der Waals surface area contributed by atoms with E-state index in [1.807, 2.05) is 12.1 Å². The minimum Gasteiger partial charge on any atom is -0.399 e. The summed E-state index contributed by atoms with van der Waals surface area (Å²) < 4.78 is 0. The van der Waals surface area contributed by atoms with Gasteiger partial charge in [-0.2, -0.15) is 0 Å². The van der Waals surface area contributed by atoms with Crippen LogP contribution in [0.5, 0.6) is 0 Å². The second-order valence-electron chi connectivity index (χ2n) is 3.83. The van der Waals surface area contributed by atoms with Gasteiger partial charge in [0.2, 0.25) is 5.91 Å². The maximum atomic E-state index is 11.7. The molecule has 0 aliphatic rings. The molecule has 1 heterocycles. The minimum atomic E-state index is -0.303. The fraction of sp³-hybridized carbons (Fsp3) is 0. The number of hydrogen-bond donors (Lipinski definition) is 2. The van der Waals surface area contributed by atoms with Crippen molar-refractivity contribution in [3.63, 3.8) is 0 Å². The van der Waals surface area contributed by atoms with E-state index >= 15 is 0 Å². The van der Waals surface area contributed by atoms with E-state index in [0.717, 1.165) is 5.56 Å². The van der Waals surface area contributed by atoms with Crippen molar-refractivity contribution in [2.45, 2.75) is 0 Å². The number of amides is 1.